The lowest BCUT2D eigenvalue weighted by Crippen LogP contribution is -2.54. The first-order valence-corrected chi connectivity index (χ1v) is 5.69. The number of hydrogen-bond donors (Lipinski definition) is 2. The van der Waals surface area contributed by atoms with Crippen molar-refractivity contribution in [2.24, 2.45) is 5.92 Å². The van der Waals surface area contributed by atoms with Crippen molar-refractivity contribution in [3.63, 3.8) is 0 Å². The van der Waals surface area contributed by atoms with E-state index in [-0.39, 0.29) is 0 Å². The zero-order valence-electron chi connectivity index (χ0n) is 9.27. The first-order valence-electron chi connectivity index (χ1n) is 5.69. The van der Waals surface area contributed by atoms with E-state index in [9.17, 15) is 0 Å². The third-order valence-corrected chi connectivity index (χ3v) is 2.70. The Kier molecular flexibility index (Phi) is 4.74. The van der Waals surface area contributed by atoms with Gasteiger partial charge in [-0.2, -0.15) is 0 Å². The second-order valence-electron chi connectivity index (χ2n) is 4.63. The number of nitrogens with one attached hydrogen (secondary N) is 2. The highest BCUT2D eigenvalue weighted by Gasteiger charge is 2.19. The van der Waals surface area contributed by atoms with Crippen molar-refractivity contribution in [1.82, 2.24) is 10.6 Å². The van der Waals surface area contributed by atoms with Gasteiger partial charge < -0.3 is 10.6 Å². The lowest BCUT2D eigenvalue weighted by atomic mass is 10.00. The first-order chi connectivity index (χ1) is 6.22. The second-order valence-corrected chi connectivity index (χ2v) is 4.63. The predicted molar refractivity (Wildman–Crippen MR) is 57.9 cm³/mol. The van der Waals surface area contributed by atoms with Gasteiger partial charge in [0, 0.05) is 25.2 Å². The minimum absolute atomic E-state index is 0.702. The summed E-state index contributed by atoms with van der Waals surface area (Å²) in [7, 11) is 0. The monoisotopic (exact) mass is 184 g/mol. The van der Waals surface area contributed by atoms with Crippen LogP contribution in [-0.4, -0.2) is 25.2 Å². The molecule has 0 aromatic rings. The highest BCUT2D eigenvalue weighted by Crippen LogP contribution is 2.08. The molecule has 0 amide bonds. The van der Waals surface area contributed by atoms with Gasteiger partial charge in [-0.05, 0) is 18.8 Å². The molecular formula is C11H24N2. The van der Waals surface area contributed by atoms with E-state index in [2.05, 4.69) is 31.4 Å². The fraction of sp³-hybridized carbons (Fsp3) is 1.00. The highest BCUT2D eigenvalue weighted by atomic mass is 15.1. The lowest BCUT2D eigenvalue weighted by molar-refractivity contribution is 0.302. The van der Waals surface area contributed by atoms with Crippen molar-refractivity contribution < 1.29 is 0 Å². The van der Waals surface area contributed by atoms with Gasteiger partial charge in [0.25, 0.3) is 0 Å². The zero-order valence-corrected chi connectivity index (χ0v) is 9.27. The van der Waals surface area contributed by atoms with E-state index in [1.165, 1.54) is 19.3 Å². The molecule has 0 aromatic carbocycles. The maximum Gasteiger partial charge on any atom is 0.0195 e. The van der Waals surface area contributed by atoms with Crippen LogP contribution in [0, 0.1) is 5.92 Å². The van der Waals surface area contributed by atoms with Crippen LogP contribution in [-0.2, 0) is 0 Å². The van der Waals surface area contributed by atoms with Crippen molar-refractivity contribution in [3.05, 3.63) is 0 Å². The molecule has 1 aliphatic rings. The first kappa shape index (κ1) is 11.0. The molecule has 13 heavy (non-hydrogen) atoms. The Hall–Kier alpha value is -0.0800. The summed E-state index contributed by atoms with van der Waals surface area (Å²) in [6.07, 6.45) is 3.89. The van der Waals surface area contributed by atoms with Crippen LogP contribution in [0.1, 0.15) is 40.0 Å². The van der Waals surface area contributed by atoms with E-state index in [4.69, 9.17) is 0 Å². The van der Waals surface area contributed by atoms with Crippen molar-refractivity contribution >= 4 is 0 Å². The number of rotatable bonds is 4. The molecule has 1 aliphatic heterocycles. The molecule has 1 heterocycles. The van der Waals surface area contributed by atoms with Crippen molar-refractivity contribution in [3.8, 4) is 0 Å². The molecule has 2 N–H and O–H groups in total. The van der Waals surface area contributed by atoms with E-state index >= 15 is 0 Å². The van der Waals surface area contributed by atoms with E-state index in [0.29, 0.717) is 12.1 Å². The molecule has 0 radical (unpaired) electrons. The molecule has 2 nitrogen and oxygen atoms in total. The molecule has 1 saturated heterocycles. The molecule has 0 aliphatic carbocycles. The van der Waals surface area contributed by atoms with E-state index < -0.39 is 0 Å². The Morgan fingerprint density at radius 1 is 1.15 bits per heavy atom. The Morgan fingerprint density at radius 3 is 2.23 bits per heavy atom. The van der Waals surface area contributed by atoms with Gasteiger partial charge in [-0.25, -0.2) is 0 Å². The van der Waals surface area contributed by atoms with E-state index in [0.717, 1.165) is 19.0 Å². The summed E-state index contributed by atoms with van der Waals surface area (Å²) in [6, 6.07) is 1.42. The number of piperazine rings is 1. The highest BCUT2D eigenvalue weighted by molar-refractivity contribution is 4.82. The summed E-state index contributed by atoms with van der Waals surface area (Å²) in [5.74, 6) is 0.807. The molecule has 0 bridgehead atoms. The largest absolute Gasteiger partial charge is 0.311 e. The van der Waals surface area contributed by atoms with Crippen LogP contribution in [0.5, 0.6) is 0 Å². The van der Waals surface area contributed by atoms with Gasteiger partial charge in [-0.1, -0.05) is 27.2 Å². The average molecular weight is 184 g/mol. The van der Waals surface area contributed by atoms with Gasteiger partial charge in [-0.15, -0.1) is 0 Å². The third kappa shape index (κ3) is 4.10. The van der Waals surface area contributed by atoms with E-state index in [1.807, 2.05) is 0 Å². The average Bonchev–Trinajstić information content (AvgIpc) is 2.08. The maximum absolute atomic E-state index is 3.62. The van der Waals surface area contributed by atoms with Crippen molar-refractivity contribution in [1.29, 1.82) is 0 Å². The van der Waals surface area contributed by atoms with Crippen molar-refractivity contribution in [2.45, 2.75) is 52.1 Å². The molecule has 2 unspecified atom stereocenters. The summed E-state index contributed by atoms with van der Waals surface area (Å²) in [5, 5.41) is 7.24. The van der Waals surface area contributed by atoms with E-state index in [1.54, 1.807) is 0 Å². The minimum Gasteiger partial charge on any atom is -0.311 e. The lowest BCUT2D eigenvalue weighted by Gasteiger charge is -2.32. The van der Waals surface area contributed by atoms with Gasteiger partial charge >= 0.3 is 0 Å². The molecule has 0 saturated carbocycles. The molecule has 1 rings (SSSR count). The number of hydrogen-bond acceptors (Lipinski definition) is 2. The summed E-state index contributed by atoms with van der Waals surface area (Å²) in [5.41, 5.74) is 0. The molecule has 2 atom stereocenters. The van der Waals surface area contributed by atoms with Crippen LogP contribution >= 0.6 is 0 Å². The van der Waals surface area contributed by atoms with Gasteiger partial charge in [0.15, 0.2) is 0 Å². The third-order valence-electron chi connectivity index (χ3n) is 2.70. The Bertz CT molecular complexity index is 126. The van der Waals surface area contributed by atoms with Crippen molar-refractivity contribution in [2.75, 3.05) is 13.1 Å². The van der Waals surface area contributed by atoms with Gasteiger partial charge in [0.05, 0.1) is 0 Å². The molecule has 2 heteroatoms. The van der Waals surface area contributed by atoms with Gasteiger partial charge in [0.1, 0.15) is 0 Å². The van der Waals surface area contributed by atoms with Crippen LogP contribution in [0.2, 0.25) is 0 Å². The van der Waals surface area contributed by atoms with Crippen LogP contribution < -0.4 is 10.6 Å². The summed E-state index contributed by atoms with van der Waals surface area (Å²) < 4.78 is 0. The smallest absolute Gasteiger partial charge is 0.0195 e. The fourth-order valence-electron chi connectivity index (χ4n) is 2.05. The maximum atomic E-state index is 3.62. The van der Waals surface area contributed by atoms with Crippen LogP contribution in [0.25, 0.3) is 0 Å². The zero-order chi connectivity index (χ0) is 9.68. The van der Waals surface area contributed by atoms with Crippen LogP contribution in [0.4, 0.5) is 0 Å². The van der Waals surface area contributed by atoms with Crippen LogP contribution in [0.15, 0.2) is 0 Å². The summed E-state index contributed by atoms with van der Waals surface area (Å²) >= 11 is 0. The Labute approximate surface area is 82.5 Å². The Morgan fingerprint density at radius 2 is 1.77 bits per heavy atom. The van der Waals surface area contributed by atoms with Gasteiger partial charge in [0.2, 0.25) is 0 Å². The molecule has 0 aromatic heterocycles. The molecule has 0 spiro atoms. The van der Waals surface area contributed by atoms with Crippen LogP contribution in [0.3, 0.4) is 0 Å². The van der Waals surface area contributed by atoms with Gasteiger partial charge in [-0.3, -0.25) is 0 Å². The summed E-state index contributed by atoms with van der Waals surface area (Å²) in [4.78, 5) is 0. The quantitative estimate of drug-likeness (QED) is 0.696. The Balaban J connectivity index is 2.15. The molecule has 78 valence electrons. The summed E-state index contributed by atoms with van der Waals surface area (Å²) in [6.45, 7) is 9.15. The normalized spacial score (nSPS) is 29.5. The topological polar surface area (TPSA) is 24.1 Å². The molecule has 1 fully saturated rings. The fourth-order valence-corrected chi connectivity index (χ4v) is 2.05. The minimum atomic E-state index is 0.702. The SMILES string of the molecule is CCCC1CNC(CC(C)C)CN1. The molecular weight excluding hydrogens is 160 g/mol. The second kappa shape index (κ2) is 5.61. The standard InChI is InChI=1S/C11H24N2/c1-4-5-10-7-13-11(8-12-10)6-9(2)3/h9-13H,4-8H2,1-3H3. The predicted octanol–water partition coefficient (Wildman–Crippen LogP) is 1.76.